The van der Waals surface area contributed by atoms with Gasteiger partial charge in [0.2, 0.25) is 0 Å². The van der Waals surface area contributed by atoms with E-state index in [0.717, 1.165) is 43.0 Å². The van der Waals surface area contributed by atoms with Crippen LogP contribution in [-0.4, -0.2) is 42.6 Å². The third-order valence-corrected chi connectivity index (χ3v) is 2.82. The molecule has 0 amide bonds. The van der Waals surface area contributed by atoms with Crippen LogP contribution in [-0.2, 0) is 4.74 Å². The molecule has 1 fully saturated rings. The molecule has 0 saturated carbocycles. The van der Waals surface area contributed by atoms with E-state index in [-0.39, 0.29) is 0 Å². The maximum atomic E-state index is 9.92. The molecule has 1 aliphatic heterocycles. The molecule has 0 bridgehead atoms. The highest BCUT2D eigenvalue weighted by Crippen LogP contribution is 2.22. The molecule has 4 nitrogen and oxygen atoms in total. The summed E-state index contributed by atoms with van der Waals surface area (Å²) in [5, 5.41) is 16.2. The molecule has 0 unspecified atom stereocenters. The first kappa shape index (κ1) is 11.9. The highest BCUT2D eigenvalue weighted by molar-refractivity contribution is 5.84. The SMILES string of the molecule is Cc1cc(C)c(O)c(C=NN2CCOCC2)c1. The quantitative estimate of drug-likeness (QED) is 0.792. The number of benzene rings is 1. The van der Waals surface area contributed by atoms with E-state index in [0.29, 0.717) is 5.75 Å². The molecule has 1 heterocycles. The van der Waals surface area contributed by atoms with E-state index in [1.165, 1.54) is 0 Å². The van der Waals surface area contributed by atoms with Gasteiger partial charge in [-0.2, -0.15) is 5.10 Å². The van der Waals surface area contributed by atoms with Crippen molar-refractivity contribution >= 4 is 6.21 Å². The number of hydrogen-bond donors (Lipinski definition) is 1. The number of morpholine rings is 1. The van der Waals surface area contributed by atoms with E-state index in [2.05, 4.69) is 5.10 Å². The summed E-state index contributed by atoms with van der Waals surface area (Å²) in [5.41, 5.74) is 2.78. The molecule has 0 aliphatic carbocycles. The highest BCUT2D eigenvalue weighted by atomic mass is 16.5. The van der Waals surface area contributed by atoms with Gasteiger partial charge in [0.25, 0.3) is 0 Å². The van der Waals surface area contributed by atoms with Gasteiger partial charge in [-0.25, -0.2) is 0 Å². The van der Waals surface area contributed by atoms with Gasteiger partial charge in [0.15, 0.2) is 0 Å². The zero-order valence-corrected chi connectivity index (χ0v) is 10.3. The van der Waals surface area contributed by atoms with Crippen LogP contribution in [0, 0.1) is 13.8 Å². The predicted molar refractivity (Wildman–Crippen MR) is 67.6 cm³/mol. The molecule has 17 heavy (non-hydrogen) atoms. The molecular formula is C13H18N2O2. The van der Waals surface area contributed by atoms with Crippen LogP contribution in [0.1, 0.15) is 16.7 Å². The average molecular weight is 234 g/mol. The second-order valence-electron chi connectivity index (χ2n) is 4.33. The largest absolute Gasteiger partial charge is 0.507 e. The molecule has 1 N–H and O–H groups in total. The molecule has 1 aromatic carbocycles. The molecule has 1 aromatic rings. The number of phenols is 1. The van der Waals surface area contributed by atoms with Crippen molar-refractivity contribution in [3.05, 3.63) is 28.8 Å². The molecule has 0 atom stereocenters. The van der Waals surface area contributed by atoms with Gasteiger partial charge in [0.1, 0.15) is 5.75 Å². The zero-order valence-electron chi connectivity index (χ0n) is 10.3. The Morgan fingerprint density at radius 3 is 2.71 bits per heavy atom. The van der Waals surface area contributed by atoms with Gasteiger partial charge in [-0.05, 0) is 31.0 Å². The molecule has 1 aliphatic rings. The summed E-state index contributed by atoms with van der Waals surface area (Å²) in [4.78, 5) is 0. The van der Waals surface area contributed by atoms with Gasteiger partial charge in [0.05, 0.1) is 32.5 Å². The number of phenolic OH excluding ortho intramolecular Hbond substituents is 1. The van der Waals surface area contributed by atoms with Gasteiger partial charge in [0, 0.05) is 5.56 Å². The van der Waals surface area contributed by atoms with E-state index in [4.69, 9.17) is 4.74 Å². The number of ether oxygens (including phenoxy) is 1. The number of nitrogens with zero attached hydrogens (tertiary/aromatic N) is 2. The van der Waals surface area contributed by atoms with E-state index >= 15 is 0 Å². The average Bonchev–Trinajstić information content (AvgIpc) is 2.33. The van der Waals surface area contributed by atoms with Crippen LogP contribution in [0.25, 0.3) is 0 Å². The Balaban J connectivity index is 2.14. The van der Waals surface area contributed by atoms with Crippen LogP contribution in [0.3, 0.4) is 0 Å². The van der Waals surface area contributed by atoms with Crippen molar-refractivity contribution in [2.24, 2.45) is 5.10 Å². The van der Waals surface area contributed by atoms with Crippen LogP contribution in [0.2, 0.25) is 0 Å². The predicted octanol–water partition coefficient (Wildman–Crippen LogP) is 1.68. The Kier molecular flexibility index (Phi) is 3.64. The topological polar surface area (TPSA) is 45.1 Å². The maximum absolute atomic E-state index is 9.92. The second kappa shape index (κ2) is 5.19. The lowest BCUT2D eigenvalue weighted by atomic mass is 10.1. The molecular weight excluding hydrogens is 216 g/mol. The van der Waals surface area contributed by atoms with Gasteiger partial charge in [-0.1, -0.05) is 6.07 Å². The van der Waals surface area contributed by atoms with Crippen molar-refractivity contribution in [2.75, 3.05) is 26.3 Å². The highest BCUT2D eigenvalue weighted by Gasteiger charge is 2.08. The molecule has 4 heteroatoms. The summed E-state index contributed by atoms with van der Waals surface area (Å²) in [5.74, 6) is 0.313. The van der Waals surface area contributed by atoms with Crippen LogP contribution in [0.15, 0.2) is 17.2 Å². The molecule has 92 valence electrons. The Bertz CT molecular complexity index is 424. The summed E-state index contributed by atoms with van der Waals surface area (Å²) in [6, 6.07) is 3.90. The van der Waals surface area contributed by atoms with E-state index in [9.17, 15) is 5.11 Å². The van der Waals surface area contributed by atoms with Crippen molar-refractivity contribution in [1.29, 1.82) is 0 Å². The lowest BCUT2D eigenvalue weighted by Gasteiger charge is -2.23. The van der Waals surface area contributed by atoms with Gasteiger partial charge in [-0.15, -0.1) is 0 Å². The monoisotopic (exact) mass is 234 g/mol. The molecule has 0 radical (unpaired) electrons. The van der Waals surface area contributed by atoms with Crippen molar-refractivity contribution in [1.82, 2.24) is 5.01 Å². The van der Waals surface area contributed by atoms with Crippen molar-refractivity contribution in [2.45, 2.75) is 13.8 Å². The molecule has 0 aromatic heterocycles. The van der Waals surface area contributed by atoms with E-state index < -0.39 is 0 Å². The number of aryl methyl sites for hydroxylation is 2. The van der Waals surface area contributed by atoms with Gasteiger partial charge >= 0.3 is 0 Å². The first-order chi connectivity index (χ1) is 8.16. The summed E-state index contributed by atoms with van der Waals surface area (Å²) >= 11 is 0. The lowest BCUT2D eigenvalue weighted by molar-refractivity contribution is 0.0397. The van der Waals surface area contributed by atoms with Crippen molar-refractivity contribution in [3.8, 4) is 5.75 Å². The summed E-state index contributed by atoms with van der Waals surface area (Å²) in [6.07, 6.45) is 1.72. The molecule has 2 rings (SSSR count). The number of hydrogen-bond acceptors (Lipinski definition) is 4. The van der Waals surface area contributed by atoms with Crippen molar-refractivity contribution < 1.29 is 9.84 Å². The Morgan fingerprint density at radius 2 is 2.00 bits per heavy atom. The minimum Gasteiger partial charge on any atom is -0.507 e. The van der Waals surface area contributed by atoms with E-state index in [1.54, 1.807) is 6.21 Å². The minimum atomic E-state index is 0.313. The molecule has 0 spiro atoms. The summed E-state index contributed by atoms with van der Waals surface area (Å²) < 4.78 is 5.25. The van der Waals surface area contributed by atoms with Gasteiger partial charge < -0.3 is 9.84 Å². The third kappa shape index (κ3) is 2.97. The lowest BCUT2D eigenvalue weighted by Crippen LogP contribution is -2.32. The summed E-state index contributed by atoms with van der Waals surface area (Å²) in [6.45, 7) is 6.96. The third-order valence-electron chi connectivity index (χ3n) is 2.82. The fraction of sp³-hybridized carbons (Fsp3) is 0.462. The fourth-order valence-electron chi connectivity index (χ4n) is 1.90. The fourth-order valence-corrected chi connectivity index (χ4v) is 1.90. The number of aromatic hydroxyl groups is 1. The smallest absolute Gasteiger partial charge is 0.127 e. The van der Waals surface area contributed by atoms with E-state index in [1.807, 2.05) is 31.0 Å². The van der Waals surface area contributed by atoms with Crippen LogP contribution < -0.4 is 0 Å². The second-order valence-corrected chi connectivity index (χ2v) is 4.33. The normalized spacial score (nSPS) is 16.7. The Hall–Kier alpha value is -1.55. The van der Waals surface area contributed by atoms with Crippen LogP contribution in [0.5, 0.6) is 5.75 Å². The van der Waals surface area contributed by atoms with Crippen molar-refractivity contribution in [3.63, 3.8) is 0 Å². The standard InChI is InChI=1S/C13H18N2O2/c1-10-7-11(2)13(16)12(8-10)9-14-15-3-5-17-6-4-15/h7-9,16H,3-6H2,1-2H3. The number of rotatable bonds is 2. The Morgan fingerprint density at radius 1 is 1.29 bits per heavy atom. The Labute approximate surface area is 102 Å². The zero-order chi connectivity index (χ0) is 12.3. The summed E-state index contributed by atoms with van der Waals surface area (Å²) in [7, 11) is 0. The minimum absolute atomic E-state index is 0.313. The molecule has 1 saturated heterocycles. The first-order valence-corrected chi connectivity index (χ1v) is 5.83. The first-order valence-electron chi connectivity index (χ1n) is 5.83. The van der Waals surface area contributed by atoms with Crippen LogP contribution >= 0.6 is 0 Å². The maximum Gasteiger partial charge on any atom is 0.127 e. The van der Waals surface area contributed by atoms with Crippen LogP contribution in [0.4, 0.5) is 0 Å². The number of hydrazone groups is 1. The van der Waals surface area contributed by atoms with Gasteiger partial charge in [-0.3, -0.25) is 5.01 Å².